The normalized spacial score (nSPS) is 17.2. The van der Waals surface area contributed by atoms with Crippen molar-refractivity contribution >= 4 is 5.52 Å². The maximum absolute atomic E-state index is 5.40. The number of fused-ring (bicyclic) bond motifs is 1. The standard InChI is InChI=1S/C14H18N2O2/c1-17-13-3-2-12-9-15-14(16(12)10-13)8-11-4-6-18-7-5-11/h2-3,9-11H,4-8H2,1H3. The molecule has 2 aromatic rings. The first-order valence-electron chi connectivity index (χ1n) is 6.44. The lowest BCUT2D eigenvalue weighted by Crippen LogP contribution is -2.18. The smallest absolute Gasteiger partial charge is 0.135 e. The predicted molar refractivity (Wildman–Crippen MR) is 69.0 cm³/mol. The van der Waals surface area contributed by atoms with E-state index in [1.807, 2.05) is 24.5 Å². The Labute approximate surface area is 107 Å². The largest absolute Gasteiger partial charge is 0.495 e. The summed E-state index contributed by atoms with van der Waals surface area (Å²) in [5.41, 5.74) is 1.12. The van der Waals surface area contributed by atoms with Crippen molar-refractivity contribution in [2.75, 3.05) is 20.3 Å². The molecule has 0 N–H and O–H groups in total. The summed E-state index contributed by atoms with van der Waals surface area (Å²) in [6.07, 6.45) is 7.23. The minimum absolute atomic E-state index is 0.690. The second-order valence-corrected chi connectivity index (χ2v) is 4.80. The monoisotopic (exact) mass is 246 g/mol. The summed E-state index contributed by atoms with van der Waals surface area (Å²) >= 11 is 0. The van der Waals surface area contributed by atoms with E-state index >= 15 is 0 Å². The average Bonchev–Trinajstić information content (AvgIpc) is 2.82. The number of methoxy groups -OCH3 is 1. The van der Waals surface area contributed by atoms with Crippen molar-refractivity contribution < 1.29 is 9.47 Å². The molecular weight excluding hydrogens is 228 g/mol. The van der Waals surface area contributed by atoms with Crippen LogP contribution in [0.25, 0.3) is 5.52 Å². The van der Waals surface area contributed by atoms with Gasteiger partial charge in [-0.15, -0.1) is 0 Å². The van der Waals surface area contributed by atoms with Crippen molar-refractivity contribution in [3.8, 4) is 5.75 Å². The fraction of sp³-hybridized carbons (Fsp3) is 0.500. The van der Waals surface area contributed by atoms with Crippen LogP contribution in [-0.2, 0) is 11.2 Å². The summed E-state index contributed by atoms with van der Waals surface area (Å²) in [5.74, 6) is 2.68. The zero-order valence-electron chi connectivity index (χ0n) is 10.6. The maximum atomic E-state index is 5.40. The summed E-state index contributed by atoms with van der Waals surface area (Å²) in [7, 11) is 1.69. The summed E-state index contributed by atoms with van der Waals surface area (Å²) in [4.78, 5) is 4.53. The fourth-order valence-electron chi connectivity index (χ4n) is 2.50. The molecule has 1 fully saturated rings. The van der Waals surface area contributed by atoms with Crippen LogP contribution in [0.1, 0.15) is 18.7 Å². The van der Waals surface area contributed by atoms with Crippen molar-refractivity contribution in [3.63, 3.8) is 0 Å². The number of rotatable bonds is 3. The zero-order chi connectivity index (χ0) is 12.4. The van der Waals surface area contributed by atoms with Crippen molar-refractivity contribution in [2.24, 2.45) is 5.92 Å². The van der Waals surface area contributed by atoms with Crippen LogP contribution in [0.5, 0.6) is 5.75 Å². The first-order chi connectivity index (χ1) is 8.86. The van der Waals surface area contributed by atoms with Gasteiger partial charge in [-0.05, 0) is 30.9 Å². The van der Waals surface area contributed by atoms with E-state index in [-0.39, 0.29) is 0 Å². The summed E-state index contributed by atoms with van der Waals surface area (Å²) in [5, 5.41) is 0. The van der Waals surface area contributed by atoms with Crippen LogP contribution >= 0.6 is 0 Å². The molecule has 0 bridgehead atoms. The van der Waals surface area contributed by atoms with Gasteiger partial charge in [0, 0.05) is 19.6 Å². The molecule has 0 amide bonds. The van der Waals surface area contributed by atoms with Gasteiger partial charge in [-0.2, -0.15) is 0 Å². The molecule has 0 aliphatic carbocycles. The lowest BCUT2D eigenvalue weighted by molar-refractivity contribution is 0.0659. The van der Waals surface area contributed by atoms with E-state index in [4.69, 9.17) is 9.47 Å². The molecule has 96 valence electrons. The summed E-state index contributed by atoms with van der Waals surface area (Å²) in [6, 6.07) is 4.01. The Kier molecular flexibility index (Phi) is 3.19. The van der Waals surface area contributed by atoms with Crippen LogP contribution in [0.15, 0.2) is 24.5 Å². The number of imidazole rings is 1. The number of nitrogens with zero attached hydrogens (tertiary/aromatic N) is 2. The van der Waals surface area contributed by atoms with E-state index < -0.39 is 0 Å². The summed E-state index contributed by atoms with van der Waals surface area (Å²) < 4.78 is 12.8. The molecule has 4 nitrogen and oxygen atoms in total. The van der Waals surface area contributed by atoms with Crippen LogP contribution in [0, 0.1) is 5.92 Å². The molecule has 2 aromatic heterocycles. The first kappa shape index (κ1) is 11.5. The molecule has 18 heavy (non-hydrogen) atoms. The third kappa shape index (κ3) is 2.20. The van der Waals surface area contributed by atoms with Crippen LogP contribution < -0.4 is 4.74 Å². The van der Waals surface area contributed by atoms with E-state index in [2.05, 4.69) is 9.38 Å². The molecule has 0 radical (unpaired) electrons. The molecule has 1 aliphatic rings. The molecule has 0 aromatic carbocycles. The van der Waals surface area contributed by atoms with Crippen molar-refractivity contribution in [1.82, 2.24) is 9.38 Å². The van der Waals surface area contributed by atoms with E-state index in [1.54, 1.807) is 7.11 Å². The third-order valence-electron chi connectivity index (χ3n) is 3.62. The highest BCUT2D eigenvalue weighted by atomic mass is 16.5. The highest BCUT2D eigenvalue weighted by Gasteiger charge is 2.16. The van der Waals surface area contributed by atoms with Gasteiger partial charge in [0.15, 0.2) is 0 Å². The number of hydrogen-bond donors (Lipinski definition) is 0. The van der Waals surface area contributed by atoms with Gasteiger partial charge in [0.05, 0.1) is 25.0 Å². The molecule has 3 rings (SSSR count). The quantitative estimate of drug-likeness (QED) is 0.833. The van der Waals surface area contributed by atoms with Crippen LogP contribution in [0.4, 0.5) is 0 Å². The van der Waals surface area contributed by atoms with Crippen LogP contribution in [0.2, 0.25) is 0 Å². The Balaban J connectivity index is 1.86. The molecule has 3 heterocycles. The van der Waals surface area contributed by atoms with Gasteiger partial charge in [0.1, 0.15) is 11.6 Å². The maximum Gasteiger partial charge on any atom is 0.135 e. The first-order valence-corrected chi connectivity index (χ1v) is 6.44. The second-order valence-electron chi connectivity index (χ2n) is 4.80. The molecule has 1 aliphatic heterocycles. The van der Waals surface area contributed by atoms with Crippen LogP contribution in [-0.4, -0.2) is 29.7 Å². The zero-order valence-corrected chi connectivity index (χ0v) is 10.6. The molecule has 0 atom stereocenters. The molecule has 1 saturated heterocycles. The second kappa shape index (κ2) is 4.98. The van der Waals surface area contributed by atoms with Crippen molar-refractivity contribution in [3.05, 3.63) is 30.4 Å². The Morgan fingerprint density at radius 2 is 2.22 bits per heavy atom. The lowest BCUT2D eigenvalue weighted by Gasteiger charge is -2.21. The van der Waals surface area contributed by atoms with E-state index in [9.17, 15) is 0 Å². The highest BCUT2D eigenvalue weighted by molar-refractivity contribution is 5.48. The van der Waals surface area contributed by atoms with Crippen LogP contribution in [0.3, 0.4) is 0 Å². The van der Waals surface area contributed by atoms with Gasteiger partial charge < -0.3 is 13.9 Å². The van der Waals surface area contributed by atoms with E-state index in [0.717, 1.165) is 49.6 Å². The van der Waals surface area contributed by atoms with Gasteiger partial charge in [-0.25, -0.2) is 4.98 Å². The topological polar surface area (TPSA) is 35.8 Å². The van der Waals surface area contributed by atoms with E-state index in [1.165, 1.54) is 0 Å². The van der Waals surface area contributed by atoms with E-state index in [0.29, 0.717) is 5.92 Å². The molecule has 4 heteroatoms. The molecule has 0 spiro atoms. The number of aromatic nitrogens is 2. The lowest BCUT2D eigenvalue weighted by atomic mass is 9.96. The average molecular weight is 246 g/mol. The number of ether oxygens (including phenoxy) is 2. The van der Waals surface area contributed by atoms with Gasteiger partial charge >= 0.3 is 0 Å². The van der Waals surface area contributed by atoms with Gasteiger partial charge in [-0.3, -0.25) is 0 Å². The minimum atomic E-state index is 0.690. The minimum Gasteiger partial charge on any atom is -0.495 e. The number of hydrogen-bond acceptors (Lipinski definition) is 3. The Hall–Kier alpha value is -1.55. The number of pyridine rings is 1. The van der Waals surface area contributed by atoms with Gasteiger partial charge in [0.25, 0.3) is 0 Å². The SMILES string of the molecule is COc1ccc2cnc(CC3CCOCC3)n2c1. The molecule has 0 saturated carbocycles. The Morgan fingerprint density at radius 3 is 3.00 bits per heavy atom. The summed E-state index contributed by atoms with van der Waals surface area (Å²) in [6.45, 7) is 1.77. The Morgan fingerprint density at radius 1 is 1.39 bits per heavy atom. The predicted octanol–water partition coefficient (Wildman–Crippen LogP) is 2.31. The molecular formula is C14H18N2O2. The van der Waals surface area contributed by atoms with Gasteiger partial charge in [0.2, 0.25) is 0 Å². The molecule has 0 unspecified atom stereocenters. The van der Waals surface area contributed by atoms with Gasteiger partial charge in [-0.1, -0.05) is 0 Å². The van der Waals surface area contributed by atoms with Crippen molar-refractivity contribution in [1.29, 1.82) is 0 Å². The Bertz CT molecular complexity index is 530. The highest BCUT2D eigenvalue weighted by Crippen LogP contribution is 2.21. The fourth-order valence-corrected chi connectivity index (χ4v) is 2.50. The van der Waals surface area contributed by atoms with Crippen molar-refractivity contribution in [2.45, 2.75) is 19.3 Å². The third-order valence-corrected chi connectivity index (χ3v) is 3.62.